The lowest BCUT2D eigenvalue weighted by Crippen LogP contribution is -2.35. The van der Waals surface area contributed by atoms with E-state index in [-0.39, 0.29) is 5.92 Å². The zero-order valence-electron chi connectivity index (χ0n) is 9.36. The van der Waals surface area contributed by atoms with E-state index in [2.05, 4.69) is 11.9 Å². The predicted molar refractivity (Wildman–Crippen MR) is 67.1 cm³/mol. The molecule has 88 valence electrons. The van der Waals surface area contributed by atoms with Crippen molar-refractivity contribution in [3.8, 4) is 0 Å². The van der Waals surface area contributed by atoms with Gasteiger partial charge in [0.15, 0.2) is 0 Å². The molecule has 0 aliphatic carbocycles. The number of hydrogen-bond donors (Lipinski definition) is 2. The third kappa shape index (κ3) is 2.03. The summed E-state index contributed by atoms with van der Waals surface area (Å²) in [5, 5.41) is 10.6. The SMILES string of the molecule is CN1CCC(C(O)CN)c2cc(Cl)ccc21. The second-order valence-corrected chi connectivity index (χ2v) is 4.76. The standard InChI is InChI=1S/C12H17ClN2O/c1-15-5-4-9(12(16)7-14)10-6-8(13)2-3-11(10)15/h2-3,6,9,12,16H,4-5,7,14H2,1H3. The minimum absolute atomic E-state index is 0.106. The first-order chi connectivity index (χ1) is 7.63. The number of benzene rings is 1. The number of rotatable bonds is 2. The molecule has 2 rings (SSSR count). The molecule has 0 saturated carbocycles. The Balaban J connectivity index is 2.41. The fraction of sp³-hybridized carbons (Fsp3) is 0.500. The molecule has 0 saturated heterocycles. The van der Waals surface area contributed by atoms with E-state index in [9.17, 15) is 5.11 Å². The van der Waals surface area contributed by atoms with Crippen LogP contribution in [0.3, 0.4) is 0 Å². The van der Waals surface area contributed by atoms with E-state index in [0.29, 0.717) is 11.6 Å². The number of fused-ring (bicyclic) bond motifs is 1. The predicted octanol–water partition coefficient (Wildman–Crippen LogP) is 1.58. The molecule has 1 aromatic rings. The van der Waals surface area contributed by atoms with Crippen LogP contribution in [0.5, 0.6) is 0 Å². The monoisotopic (exact) mass is 240 g/mol. The lowest BCUT2D eigenvalue weighted by atomic mass is 9.86. The molecule has 1 aliphatic rings. The van der Waals surface area contributed by atoms with Crippen molar-refractivity contribution in [2.75, 3.05) is 25.0 Å². The average molecular weight is 241 g/mol. The molecule has 0 radical (unpaired) electrons. The summed E-state index contributed by atoms with van der Waals surface area (Å²) >= 11 is 6.01. The van der Waals surface area contributed by atoms with Gasteiger partial charge in [-0.05, 0) is 30.2 Å². The van der Waals surface area contributed by atoms with Crippen molar-refractivity contribution < 1.29 is 5.11 Å². The Morgan fingerprint density at radius 2 is 2.38 bits per heavy atom. The second kappa shape index (κ2) is 4.62. The van der Waals surface area contributed by atoms with Gasteiger partial charge >= 0.3 is 0 Å². The van der Waals surface area contributed by atoms with Gasteiger partial charge in [0.05, 0.1) is 6.10 Å². The van der Waals surface area contributed by atoms with Crippen molar-refractivity contribution in [1.82, 2.24) is 0 Å². The molecule has 16 heavy (non-hydrogen) atoms. The summed E-state index contributed by atoms with van der Waals surface area (Å²) in [5.74, 6) is 0.106. The van der Waals surface area contributed by atoms with Gasteiger partial charge in [-0.3, -0.25) is 0 Å². The summed E-state index contributed by atoms with van der Waals surface area (Å²) in [4.78, 5) is 2.19. The van der Waals surface area contributed by atoms with Gasteiger partial charge in [-0.2, -0.15) is 0 Å². The highest BCUT2D eigenvalue weighted by molar-refractivity contribution is 6.30. The highest BCUT2D eigenvalue weighted by Gasteiger charge is 2.28. The quantitative estimate of drug-likeness (QED) is 0.825. The van der Waals surface area contributed by atoms with Crippen LogP contribution < -0.4 is 10.6 Å². The molecule has 3 N–H and O–H groups in total. The maximum atomic E-state index is 9.92. The number of hydrogen-bond acceptors (Lipinski definition) is 3. The van der Waals surface area contributed by atoms with Crippen LogP contribution in [0.15, 0.2) is 18.2 Å². The van der Waals surface area contributed by atoms with Gasteiger partial charge in [0.2, 0.25) is 0 Å². The molecule has 0 bridgehead atoms. The summed E-state index contributed by atoms with van der Waals surface area (Å²) < 4.78 is 0. The molecule has 3 nitrogen and oxygen atoms in total. The van der Waals surface area contributed by atoms with Gasteiger partial charge in [-0.1, -0.05) is 11.6 Å². The molecule has 1 aromatic carbocycles. The summed E-state index contributed by atoms with van der Waals surface area (Å²) in [6, 6.07) is 5.83. The molecule has 2 unspecified atom stereocenters. The van der Waals surface area contributed by atoms with Crippen molar-refractivity contribution in [3.05, 3.63) is 28.8 Å². The van der Waals surface area contributed by atoms with Crippen LogP contribution in [0.25, 0.3) is 0 Å². The van der Waals surface area contributed by atoms with Crippen LogP contribution in [0.1, 0.15) is 17.9 Å². The zero-order valence-corrected chi connectivity index (χ0v) is 10.1. The fourth-order valence-electron chi connectivity index (χ4n) is 2.34. The molecule has 0 aromatic heterocycles. The van der Waals surface area contributed by atoms with Gasteiger partial charge in [0.25, 0.3) is 0 Å². The molecule has 2 atom stereocenters. The number of aliphatic hydroxyl groups excluding tert-OH is 1. The minimum Gasteiger partial charge on any atom is -0.391 e. The molecule has 4 heteroatoms. The van der Waals surface area contributed by atoms with Gasteiger partial charge in [0.1, 0.15) is 0 Å². The highest BCUT2D eigenvalue weighted by Crippen LogP contribution is 2.37. The molecule has 1 aliphatic heterocycles. The first-order valence-electron chi connectivity index (χ1n) is 5.52. The number of anilines is 1. The maximum absolute atomic E-state index is 9.92. The van der Waals surface area contributed by atoms with Crippen LogP contribution in [0.2, 0.25) is 5.02 Å². The maximum Gasteiger partial charge on any atom is 0.0732 e. The third-order valence-electron chi connectivity index (χ3n) is 3.28. The summed E-state index contributed by atoms with van der Waals surface area (Å²) in [6.07, 6.45) is 0.438. The summed E-state index contributed by atoms with van der Waals surface area (Å²) in [6.45, 7) is 1.23. The Morgan fingerprint density at radius 3 is 3.06 bits per heavy atom. The molecule has 0 amide bonds. The van der Waals surface area contributed by atoms with E-state index in [4.69, 9.17) is 17.3 Å². The first kappa shape index (κ1) is 11.7. The Kier molecular flexibility index (Phi) is 3.38. The highest BCUT2D eigenvalue weighted by atomic mass is 35.5. The van der Waals surface area contributed by atoms with Crippen molar-refractivity contribution in [2.45, 2.75) is 18.4 Å². The third-order valence-corrected chi connectivity index (χ3v) is 3.52. The smallest absolute Gasteiger partial charge is 0.0732 e. The van der Waals surface area contributed by atoms with E-state index >= 15 is 0 Å². The van der Waals surface area contributed by atoms with Crippen LogP contribution in [0.4, 0.5) is 5.69 Å². The van der Waals surface area contributed by atoms with E-state index in [1.54, 1.807) is 0 Å². The molecule has 0 spiro atoms. The van der Waals surface area contributed by atoms with Gasteiger partial charge in [-0.25, -0.2) is 0 Å². The Labute approximate surface area is 101 Å². The van der Waals surface area contributed by atoms with Gasteiger partial charge < -0.3 is 15.7 Å². The average Bonchev–Trinajstić information content (AvgIpc) is 2.28. The molecular formula is C12H17ClN2O. The van der Waals surface area contributed by atoms with Crippen LogP contribution in [-0.4, -0.2) is 31.3 Å². The van der Waals surface area contributed by atoms with Crippen LogP contribution in [-0.2, 0) is 0 Å². The van der Waals surface area contributed by atoms with E-state index < -0.39 is 6.10 Å². The minimum atomic E-state index is -0.481. The summed E-state index contributed by atoms with van der Waals surface area (Å²) in [5.41, 5.74) is 7.79. The number of nitrogens with zero attached hydrogens (tertiary/aromatic N) is 1. The molecular weight excluding hydrogens is 224 g/mol. The summed E-state index contributed by atoms with van der Waals surface area (Å²) in [7, 11) is 2.05. The Bertz CT molecular complexity index is 383. The Morgan fingerprint density at radius 1 is 1.62 bits per heavy atom. The van der Waals surface area contributed by atoms with Crippen LogP contribution in [0, 0.1) is 0 Å². The number of aliphatic hydroxyl groups is 1. The van der Waals surface area contributed by atoms with E-state index in [0.717, 1.165) is 24.2 Å². The fourth-order valence-corrected chi connectivity index (χ4v) is 2.52. The Hall–Kier alpha value is -0.770. The van der Waals surface area contributed by atoms with E-state index in [1.165, 1.54) is 0 Å². The largest absolute Gasteiger partial charge is 0.391 e. The molecule has 0 fully saturated rings. The zero-order chi connectivity index (χ0) is 11.7. The first-order valence-corrected chi connectivity index (χ1v) is 5.90. The lowest BCUT2D eigenvalue weighted by Gasteiger charge is -2.35. The van der Waals surface area contributed by atoms with E-state index in [1.807, 2.05) is 18.2 Å². The van der Waals surface area contributed by atoms with Crippen molar-refractivity contribution >= 4 is 17.3 Å². The van der Waals surface area contributed by atoms with Crippen molar-refractivity contribution in [2.24, 2.45) is 5.73 Å². The number of nitrogens with two attached hydrogens (primary N) is 1. The second-order valence-electron chi connectivity index (χ2n) is 4.32. The van der Waals surface area contributed by atoms with Gasteiger partial charge in [-0.15, -0.1) is 0 Å². The van der Waals surface area contributed by atoms with Gasteiger partial charge in [0, 0.05) is 36.8 Å². The number of halogens is 1. The van der Waals surface area contributed by atoms with Crippen molar-refractivity contribution in [1.29, 1.82) is 0 Å². The van der Waals surface area contributed by atoms with Crippen molar-refractivity contribution in [3.63, 3.8) is 0 Å². The normalized spacial score (nSPS) is 21.8. The van der Waals surface area contributed by atoms with Crippen LogP contribution >= 0.6 is 11.6 Å². The lowest BCUT2D eigenvalue weighted by molar-refractivity contribution is 0.145. The topological polar surface area (TPSA) is 49.5 Å². The molecule has 1 heterocycles.